The highest BCUT2D eigenvalue weighted by Crippen LogP contribution is 2.23. The van der Waals surface area contributed by atoms with Crippen LogP contribution in [0.5, 0.6) is 5.75 Å². The smallest absolute Gasteiger partial charge is 0.256 e. The molecule has 4 N–H and O–H groups in total. The highest BCUT2D eigenvalue weighted by atomic mass is 16.3. The predicted octanol–water partition coefficient (Wildman–Crippen LogP) is 0.573. The third-order valence-corrected chi connectivity index (χ3v) is 3.59. The molecular weight excluding hydrogens is 258 g/mol. The fourth-order valence-electron chi connectivity index (χ4n) is 2.48. The molecule has 0 aromatic heterocycles. The summed E-state index contributed by atoms with van der Waals surface area (Å²) in [6.45, 7) is 0.981. The van der Waals surface area contributed by atoms with E-state index in [9.17, 15) is 14.7 Å². The number of piperidine rings is 1. The number of nitrogens with one attached hydrogen (secondary N) is 1. The Hall–Kier alpha value is -2.24. The molecule has 20 heavy (non-hydrogen) atoms. The fraction of sp³-hybridized carbons (Fsp3) is 0.429. The van der Waals surface area contributed by atoms with Crippen molar-refractivity contribution in [3.05, 3.63) is 23.8 Å². The van der Waals surface area contributed by atoms with Gasteiger partial charge in [-0.15, -0.1) is 0 Å². The summed E-state index contributed by atoms with van der Waals surface area (Å²) >= 11 is 0. The summed E-state index contributed by atoms with van der Waals surface area (Å²) in [6, 6.07) is 4.31. The molecular formula is C14H19N3O3. The van der Waals surface area contributed by atoms with E-state index in [0.717, 1.165) is 12.8 Å². The third kappa shape index (κ3) is 2.84. The van der Waals surface area contributed by atoms with Crippen molar-refractivity contribution in [3.63, 3.8) is 0 Å². The second-order valence-electron chi connectivity index (χ2n) is 4.98. The average molecular weight is 277 g/mol. The van der Waals surface area contributed by atoms with Crippen LogP contribution in [0.4, 0.5) is 5.69 Å². The van der Waals surface area contributed by atoms with Crippen LogP contribution in [0.1, 0.15) is 23.2 Å². The van der Waals surface area contributed by atoms with Crippen LogP contribution in [0.15, 0.2) is 18.2 Å². The Morgan fingerprint density at radius 1 is 1.45 bits per heavy atom. The molecule has 1 aromatic rings. The normalized spacial score (nSPS) is 18.6. The van der Waals surface area contributed by atoms with Crippen molar-refractivity contribution in [2.24, 2.45) is 5.92 Å². The van der Waals surface area contributed by atoms with E-state index in [-0.39, 0.29) is 29.0 Å². The first-order valence-corrected chi connectivity index (χ1v) is 6.62. The van der Waals surface area contributed by atoms with Gasteiger partial charge in [0.25, 0.3) is 5.91 Å². The third-order valence-electron chi connectivity index (χ3n) is 3.59. The number of benzene rings is 1. The number of hydrogen-bond acceptors (Lipinski definition) is 4. The maximum absolute atomic E-state index is 12.4. The summed E-state index contributed by atoms with van der Waals surface area (Å²) in [6.07, 6.45) is 1.56. The van der Waals surface area contributed by atoms with Gasteiger partial charge in [-0.25, -0.2) is 0 Å². The molecule has 1 fully saturated rings. The lowest BCUT2D eigenvalue weighted by Gasteiger charge is -2.32. The van der Waals surface area contributed by atoms with Gasteiger partial charge in [0.05, 0.1) is 11.5 Å². The Kier molecular flexibility index (Phi) is 4.12. The number of rotatable bonds is 2. The average Bonchev–Trinajstić information content (AvgIpc) is 2.48. The van der Waals surface area contributed by atoms with Crippen LogP contribution >= 0.6 is 0 Å². The number of anilines is 1. The summed E-state index contributed by atoms with van der Waals surface area (Å²) in [5.41, 5.74) is 6.39. The molecule has 1 aliphatic heterocycles. The minimum Gasteiger partial charge on any atom is -0.508 e. The lowest BCUT2D eigenvalue weighted by molar-refractivity contribution is -0.125. The largest absolute Gasteiger partial charge is 0.508 e. The Balaban J connectivity index is 2.16. The van der Waals surface area contributed by atoms with Gasteiger partial charge < -0.3 is 21.1 Å². The van der Waals surface area contributed by atoms with Crippen molar-refractivity contribution in [2.75, 3.05) is 25.9 Å². The minimum atomic E-state index is -0.244. The van der Waals surface area contributed by atoms with Crippen LogP contribution in [0.25, 0.3) is 0 Å². The topological polar surface area (TPSA) is 95.7 Å². The number of likely N-dealkylation sites (tertiary alicyclic amines) is 1. The van der Waals surface area contributed by atoms with Crippen molar-refractivity contribution in [2.45, 2.75) is 12.8 Å². The number of phenolic OH excluding ortho intramolecular Hbond substituents is 1. The number of nitrogens with two attached hydrogens (primary N) is 1. The van der Waals surface area contributed by atoms with Crippen LogP contribution in [0.3, 0.4) is 0 Å². The van der Waals surface area contributed by atoms with Gasteiger partial charge in [-0.3, -0.25) is 9.59 Å². The number of carbonyl (C=O) groups excluding carboxylic acids is 2. The Labute approximate surface area is 117 Å². The second kappa shape index (κ2) is 5.81. The summed E-state index contributed by atoms with van der Waals surface area (Å²) in [4.78, 5) is 25.7. The molecule has 1 heterocycles. The molecule has 0 saturated carbocycles. The van der Waals surface area contributed by atoms with Gasteiger partial charge in [0.1, 0.15) is 5.75 Å². The first kappa shape index (κ1) is 14.2. The highest BCUT2D eigenvalue weighted by Gasteiger charge is 2.29. The number of amides is 2. The lowest BCUT2D eigenvalue weighted by atomic mass is 9.96. The molecule has 1 aromatic carbocycles. The van der Waals surface area contributed by atoms with Crippen molar-refractivity contribution in [3.8, 4) is 5.75 Å². The summed E-state index contributed by atoms with van der Waals surface area (Å²) < 4.78 is 0. The van der Waals surface area contributed by atoms with E-state index in [0.29, 0.717) is 18.8 Å². The zero-order valence-corrected chi connectivity index (χ0v) is 11.4. The molecule has 1 saturated heterocycles. The summed E-state index contributed by atoms with van der Waals surface area (Å²) in [5, 5.41) is 12.1. The molecule has 0 spiro atoms. The van der Waals surface area contributed by atoms with Gasteiger partial charge in [-0.05, 0) is 31.0 Å². The molecule has 1 atom stereocenters. The van der Waals surface area contributed by atoms with Crippen molar-refractivity contribution in [1.29, 1.82) is 0 Å². The molecule has 0 bridgehead atoms. The van der Waals surface area contributed by atoms with Gasteiger partial charge in [0.2, 0.25) is 5.91 Å². The highest BCUT2D eigenvalue weighted by molar-refractivity contribution is 5.99. The van der Waals surface area contributed by atoms with Crippen LogP contribution in [-0.2, 0) is 4.79 Å². The Morgan fingerprint density at radius 2 is 2.20 bits per heavy atom. The van der Waals surface area contributed by atoms with Gasteiger partial charge in [-0.1, -0.05) is 0 Å². The number of phenols is 1. The predicted molar refractivity (Wildman–Crippen MR) is 75.2 cm³/mol. The number of nitrogens with zero attached hydrogens (tertiary/aromatic N) is 1. The van der Waals surface area contributed by atoms with Crippen LogP contribution in [0, 0.1) is 5.92 Å². The summed E-state index contributed by atoms with van der Waals surface area (Å²) in [5.74, 6) is -0.475. The first-order chi connectivity index (χ1) is 9.52. The van der Waals surface area contributed by atoms with E-state index in [2.05, 4.69) is 5.32 Å². The molecule has 1 unspecified atom stereocenters. The van der Waals surface area contributed by atoms with Crippen LogP contribution < -0.4 is 11.1 Å². The van der Waals surface area contributed by atoms with E-state index >= 15 is 0 Å². The number of hydrogen-bond donors (Lipinski definition) is 3. The van der Waals surface area contributed by atoms with E-state index in [1.165, 1.54) is 18.2 Å². The minimum absolute atomic E-state index is 0.00223. The zero-order valence-electron chi connectivity index (χ0n) is 11.4. The molecule has 6 heteroatoms. The van der Waals surface area contributed by atoms with Gasteiger partial charge >= 0.3 is 0 Å². The van der Waals surface area contributed by atoms with E-state index in [4.69, 9.17) is 5.73 Å². The maximum Gasteiger partial charge on any atom is 0.256 e. The summed E-state index contributed by atoms with van der Waals surface area (Å²) in [7, 11) is 1.59. The molecule has 2 rings (SSSR count). The number of aromatic hydroxyl groups is 1. The second-order valence-corrected chi connectivity index (χ2v) is 4.98. The molecule has 1 aliphatic rings. The molecule has 0 aliphatic carbocycles. The van der Waals surface area contributed by atoms with Gasteiger partial charge in [0.15, 0.2) is 0 Å². The molecule has 108 valence electrons. The lowest BCUT2D eigenvalue weighted by Crippen LogP contribution is -2.44. The van der Waals surface area contributed by atoms with Crippen molar-refractivity contribution in [1.82, 2.24) is 10.2 Å². The maximum atomic E-state index is 12.4. The van der Waals surface area contributed by atoms with Crippen LogP contribution in [0.2, 0.25) is 0 Å². The zero-order chi connectivity index (χ0) is 14.7. The van der Waals surface area contributed by atoms with Crippen molar-refractivity contribution >= 4 is 17.5 Å². The molecule has 0 radical (unpaired) electrons. The van der Waals surface area contributed by atoms with Crippen LogP contribution in [-0.4, -0.2) is 42.0 Å². The number of carbonyl (C=O) groups is 2. The monoisotopic (exact) mass is 277 g/mol. The quantitative estimate of drug-likeness (QED) is 0.544. The van der Waals surface area contributed by atoms with Crippen molar-refractivity contribution < 1.29 is 14.7 Å². The first-order valence-electron chi connectivity index (χ1n) is 6.62. The Bertz CT molecular complexity index is 530. The van der Waals surface area contributed by atoms with E-state index < -0.39 is 0 Å². The molecule has 2 amide bonds. The Morgan fingerprint density at radius 3 is 2.90 bits per heavy atom. The van der Waals surface area contributed by atoms with E-state index in [1.54, 1.807) is 11.9 Å². The fourth-order valence-corrected chi connectivity index (χ4v) is 2.48. The standard InChI is InChI=1S/C14H19N3O3/c1-16-13(19)9-3-2-6-17(8-9)14(20)11-7-10(18)4-5-12(11)15/h4-5,7,9,18H,2-3,6,8,15H2,1H3,(H,16,19). The van der Waals surface area contributed by atoms with Gasteiger partial charge in [0, 0.05) is 25.8 Å². The van der Waals surface area contributed by atoms with Gasteiger partial charge in [-0.2, -0.15) is 0 Å². The number of nitrogen functional groups attached to an aromatic ring is 1. The SMILES string of the molecule is CNC(=O)C1CCCN(C(=O)c2cc(O)ccc2N)C1. The molecule has 6 nitrogen and oxygen atoms in total. The van der Waals surface area contributed by atoms with E-state index in [1.807, 2.05) is 0 Å².